The second-order valence-electron chi connectivity index (χ2n) is 4.11. The summed E-state index contributed by atoms with van der Waals surface area (Å²) in [4.78, 5) is 24.2. The molecule has 0 radical (unpaired) electrons. The number of carbonyl (C=O) groups is 2. The van der Waals surface area contributed by atoms with E-state index in [0.29, 0.717) is 17.0 Å². The quantitative estimate of drug-likeness (QED) is 0.841. The van der Waals surface area contributed by atoms with Crippen LogP contribution in [0.4, 0.5) is 0 Å². The second-order valence-corrected chi connectivity index (χ2v) is 5.56. The minimum absolute atomic E-state index is 0.0530. The molecule has 6 heteroatoms. The average Bonchev–Trinajstić information content (AvgIpc) is 2.37. The summed E-state index contributed by atoms with van der Waals surface area (Å²) in [5.74, 6) is -1.13. The molecule has 1 rings (SSSR count). The Kier molecular flexibility index (Phi) is 5.69. The van der Waals surface area contributed by atoms with Crippen LogP contribution < -0.4 is 0 Å². The van der Waals surface area contributed by atoms with Gasteiger partial charge in [-0.15, -0.1) is 0 Å². The summed E-state index contributed by atoms with van der Waals surface area (Å²) in [7, 11) is 0.267. The van der Waals surface area contributed by atoms with Gasteiger partial charge in [0.15, 0.2) is 0 Å². The predicted molar refractivity (Wildman–Crippen MR) is 72.4 cm³/mol. The third-order valence-electron chi connectivity index (χ3n) is 2.70. The van der Waals surface area contributed by atoms with Crippen molar-refractivity contribution in [1.82, 2.24) is 4.90 Å². The number of nitrogens with zero attached hydrogens (tertiary/aromatic N) is 1. The number of rotatable bonds is 6. The monoisotopic (exact) mass is 283 g/mol. The summed E-state index contributed by atoms with van der Waals surface area (Å²) in [6.45, 7) is 2.43. The normalized spacial score (nSPS) is 11.9. The maximum atomic E-state index is 12.0. The van der Waals surface area contributed by atoms with Crippen molar-refractivity contribution in [2.45, 2.75) is 18.2 Å². The molecule has 1 atom stereocenters. The standard InChI is InChI=1S/C13H17NO4S/c1-3-14(2)12(15)9-19(18)11-6-4-10(5-7-11)8-13(16)17/h4-7H,3,8-9H2,1-2H3,(H,16,17). The molecule has 1 aromatic carbocycles. The lowest BCUT2D eigenvalue weighted by atomic mass is 10.2. The van der Waals surface area contributed by atoms with Crippen LogP contribution in [0, 0.1) is 0 Å². The fourth-order valence-electron chi connectivity index (χ4n) is 1.42. The van der Waals surface area contributed by atoms with Crippen LogP contribution in [-0.2, 0) is 26.8 Å². The Hall–Kier alpha value is -1.69. The van der Waals surface area contributed by atoms with Crippen LogP contribution in [0.3, 0.4) is 0 Å². The van der Waals surface area contributed by atoms with E-state index in [1.807, 2.05) is 6.92 Å². The third kappa shape index (κ3) is 4.82. The Morgan fingerprint density at radius 2 is 1.84 bits per heavy atom. The van der Waals surface area contributed by atoms with Crippen LogP contribution in [0.25, 0.3) is 0 Å². The summed E-state index contributed by atoms with van der Waals surface area (Å²) in [6.07, 6.45) is -0.0651. The lowest BCUT2D eigenvalue weighted by Crippen LogP contribution is -2.30. The highest BCUT2D eigenvalue weighted by atomic mass is 32.2. The molecule has 0 aliphatic rings. The molecule has 1 aromatic rings. The second kappa shape index (κ2) is 7.04. The molecule has 0 saturated carbocycles. The van der Waals surface area contributed by atoms with Gasteiger partial charge in [0, 0.05) is 18.5 Å². The van der Waals surface area contributed by atoms with Crippen molar-refractivity contribution in [3.8, 4) is 0 Å². The van der Waals surface area contributed by atoms with Gasteiger partial charge >= 0.3 is 5.97 Å². The Morgan fingerprint density at radius 1 is 1.26 bits per heavy atom. The van der Waals surface area contributed by atoms with Crippen molar-refractivity contribution in [3.63, 3.8) is 0 Å². The number of hydrogen-bond donors (Lipinski definition) is 1. The highest BCUT2D eigenvalue weighted by Gasteiger charge is 2.13. The first-order chi connectivity index (χ1) is 8.93. The highest BCUT2D eigenvalue weighted by molar-refractivity contribution is 7.85. The zero-order valence-corrected chi connectivity index (χ0v) is 11.8. The molecule has 104 valence electrons. The summed E-state index contributed by atoms with van der Waals surface area (Å²) < 4.78 is 12.0. The van der Waals surface area contributed by atoms with Gasteiger partial charge in [0.25, 0.3) is 0 Å². The summed E-state index contributed by atoms with van der Waals surface area (Å²) in [6, 6.07) is 6.45. The van der Waals surface area contributed by atoms with Crippen LogP contribution in [0.15, 0.2) is 29.2 Å². The minimum atomic E-state index is -1.40. The maximum absolute atomic E-state index is 12.0. The van der Waals surface area contributed by atoms with E-state index >= 15 is 0 Å². The number of hydrogen-bond acceptors (Lipinski definition) is 3. The van der Waals surface area contributed by atoms with Crippen LogP contribution in [-0.4, -0.2) is 45.4 Å². The van der Waals surface area contributed by atoms with Crippen molar-refractivity contribution < 1.29 is 18.9 Å². The molecule has 1 unspecified atom stereocenters. The molecule has 1 amide bonds. The van der Waals surface area contributed by atoms with Gasteiger partial charge in [-0.1, -0.05) is 12.1 Å². The predicted octanol–water partition coefficient (Wildman–Crippen LogP) is 0.900. The smallest absolute Gasteiger partial charge is 0.307 e. The van der Waals surface area contributed by atoms with Crippen molar-refractivity contribution in [2.24, 2.45) is 0 Å². The first kappa shape index (κ1) is 15.4. The number of aliphatic carboxylic acids is 1. The molecule has 0 aromatic heterocycles. The molecule has 0 aliphatic carbocycles. The van der Waals surface area contributed by atoms with E-state index in [9.17, 15) is 13.8 Å². The zero-order chi connectivity index (χ0) is 14.4. The fraction of sp³-hybridized carbons (Fsp3) is 0.385. The Balaban J connectivity index is 2.68. The van der Waals surface area contributed by atoms with E-state index in [4.69, 9.17) is 5.11 Å². The fourth-order valence-corrected chi connectivity index (χ4v) is 2.47. The topological polar surface area (TPSA) is 74.7 Å². The molecule has 0 spiro atoms. The van der Waals surface area contributed by atoms with Gasteiger partial charge < -0.3 is 10.0 Å². The van der Waals surface area contributed by atoms with Gasteiger partial charge in [0.05, 0.1) is 17.2 Å². The van der Waals surface area contributed by atoms with Gasteiger partial charge in [0.1, 0.15) is 5.75 Å². The molecule has 5 nitrogen and oxygen atoms in total. The van der Waals surface area contributed by atoms with Crippen LogP contribution in [0.2, 0.25) is 0 Å². The Bertz CT molecular complexity index is 484. The van der Waals surface area contributed by atoms with Gasteiger partial charge in [-0.3, -0.25) is 13.8 Å². The third-order valence-corrected chi connectivity index (χ3v) is 4.00. The summed E-state index contributed by atoms with van der Waals surface area (Å²) in [5, 5.41) is 8.64. The van der Waals surface area contributed by atoms with Crippen LogP contribution in [0.1, 0.15) is 12.5 Å². The van der Waals surface area contributed by atoms with E-state index in [0.717, 1.165) is 0 Å². The average molecular weight is 283 g/mol. The van der Waals surface area contributed by atoms with Crippen molar-refractivity contribution in [2.75, 3.05) is 19.3 Å². The maximum Gasteiger partial charge on any atom is 0.307 e. The number of carboxylic acid groups (broad SMARTS) is 1. The summed E-state index contributed by atoms with van der Waals surface area (Å²) in [5.41, 5.74) is 0.644. The first-order valence-electron chi connectivity index (χ1n) is 5.87. The molecular weight excluding hydrogens is 266 g/mol. The number of benzene rings is 1. The molecule has 0 heterocycles. The van der Waals surface area contributed by atoms with E-state index < -0.39 is 16.8 Å². The van der Waals surface area contributed by atoms with E-state index in [2.05, 4.69) is 0 Å². The number of amides is 1. The molecule has 0 fully saturated rings. The summed E-state index contributed by atoms with van der Waals surface area (Å²) >= 11 is 0. The Morgan fingerprint density at radius 3 is 2.32 bits per heavy atom. The lowest BCUT2D eigenvalue weighted by molar-refractivity contribution is -0.136. The molecule has 19 heavy (non-hydrogen) atoms. The lowest BCUT2D eigenvalue weighted by Gasteiger charge is -2.13. The molecule has 0 bridgehead atoms. The highest BCUT2D eigenvalue weighted by Crippen LogP contribution is 2.10. The largest absolute Gasteiger partial charge is 0.481 e. The van der Waals surface area contributed by atoms with Gasteiger partial charge in [-0.25, -0.2) is 0 Å². The SMILES string of the molecule is CCN(C)C(=O)CS(=O)c1ccc(CC(=O)O)cc1. The molecule has 1 N–H and O–H groups in total. The van der Waals surface area contributed by atoms with Crippen molar-refractivity contribution >= 4 is 22.7 Å². The van der Waals surface area contributed by atoms with Gasteiger partial charge in [0.2, 0.25) is 5.91 Å². The number of carboxylic acids is 1. The number of carbonyl (C=O) groups excluding carboxylic acids is 1. The van der Waals surface area contributed by atoms with E-state index in [-0.39, 0.29) is 18.1 Å². The van der Waals surface area contributed by atoms with Crippen LogP contribution >= 0.6 is 0 Å². The van der Waals surface area contributed by atoms with Crippen molar-refractivity contribution in [3.05, 3.63) is 29.8 Å². The molecular formula is C13H17NO4S. The first-order valence-corrected chi connectivity index (χ1v) is 7.19. The zero-order valence-electron chi connectivity index (χ0n) is 11.0. The Labute approximate surface area is 114 Å². The van der Waals surface area contributed by atoms with Crippen molar-refractivity contribution in [1.29, 1.82) is 0 Å². The van der Waals surface area contributed by atoms with Gasteiger partial charge in [-0.05, 0) is 24.6 Å². The van der Waals surface area contributed by atoms with Gasteiger partial charge in [-0.2, -0.15) is 0 Å². The molecule has 0 saturated heterocycles. The van der Waals surface area contributed by atoms with Crippen LogP contribution in [0.5, 0.6) is 0 Å². The van der Waals surface area contributed by atoms with E-state index in [1.165, 1.54) is 4.90 Å². The van der Waals surface area contributed by atoms with E-state index in [1.54, 1.807) is 31.3 Å². The molecule has 0 aliphatic heterocycles. The minimum Gasteiger partial charge on any atom is -0.481 e.